The molecule has 0 aliphatic heterocycles. The fraction of sp³-hybridized carbons (Fsp3) is 1.00. The van der Waals surface area contributed by atoms with Crippen LogP contribution in [0.3, 0.4) is 0 Å². The summed E-state index contributed by atoms with van der Waals surface area (Å²) in [6.45, 7) is 13.6. The van der Waals surface area contributed by atoms with Gasteiger partial charge in [-0.3, -0.25) is 0 Å². The van der Waals surface area contributed by atoms with Crippen LogP contribution >= 0.6 is 0 Å². The first-order valence-corrected chi connectivity index (χ1v) is 16.8. The van der Waals surface area contributed by atoms with E-state index in [0.29, 0.717) is 33.0 Å². The van der Waals surface area contributed by atoms with Gasteiger partial charge in [-0.15, -0.1) is 0 Å². The molecule has 0 unspecified atom stereocenters. The fourth-order valence-corrected chi connectivity index (χ4v) is 11.5. The first-order valence-electron chi connectivity index (χ1n) is 10.8. The molecule has 161 valence electrons. The van der Waals surface area contributed by atoms with Gasteiger partial charge in [0, 0.05) is 0 Å². The summed E-state index contributed by atoms with van der Waals surface area (Å²) in [5, 5.41) is 0. The van der Waals surface area contributed by atoms with E-state index < -0.39 is 16.7 Å². The Morgan fingerprint density at radius 3 is 0.731 bits per heavy atom. The molecule has 0 heterocycles. The van der Waals surface area contributed by atoms with Crippen molar-refractivity contribution in [3.05, 3.63) is 0 Å². The van der Waals surface area contributed by atoms with Crippen molar-refractivity contribution in [3.63, 3.8) is 0 Å². The van der Waals surface area contributed by atoms with Gasteiger partial charge in [0.15, 0.2) is 0 Å². The van der Waals surface area contributed by atoms with Crippen LogP contribution in [0.15, 0.2) is 0 Å². The first kappa shape index (κ1) is 26.5. The van der Waals surface area contributed by atoms with Crippen LogP contribution in [-0.4, -0.2) is 33.0 Å². The quantitative estimate of drug-likeness (QED) is 0.166. The average molecular weight is 549 g/mol. The Labute approximate surface area is 165 Å². The summed E-state index contributed by atoms with van der Waals surface area (Å²) in [5.74, 6) is 0. The SMILES string of the molecule is CCCC[O][W]([O]CCCC)([O]CCCC)([O]CCCC)[O]CCCC. The van der Waals surface area contributed by atoms with Crippen LogP contribution in [-0.2, 0) is 33.7 Å². The summed E-state index contributed by atoms with van der Waals surface area (Å²) in [5.41, 5.74) is 0. The number of unbranched alkanes of at least 4 members (excludes halogenated alkanes) is 5. The third kappa shape index (κ3) is 10.7. The second-order valence-electron chi connectivity index (χ2n) is 6.56. The molecule has 0 amide bonds. The molecular formula is C20H45O5W. The molecule has 6 heteroatoms. The van der Waals surface area contributed by atoms with Crippen LogP contribution in [0.4, 0.5) is 0 Å². The number of hydrogen-bond donors (Lipinski definition) is 0. The van der Waals surface area contributed by atoms with Gasteiger partial charge in [-0.1, -0.05) is 0 Å². The molecule has 0 aromatic rings. The standard InChI is InChI=1S/5C4H9O.W/c5*1-2-3-4-5;/h5*2-4H2,1H3;/q5*-1;+5. The van der Waals surface area contributed by atoms with Gasteiger partial charge in [-0.05, 0) is 0 Å². The van der Waals surface area contributed by atoms with Crippen molar-refractivity contribution in [2.24, 2.45) is 0 Å². The van der Waals surface area contributed by atoms with E-state index in [0.717, 1.165) is 64.2 Å². The van der Waals surface area contributed by atoms with Crippen molar-refractivity contribution < 1.29 is 33.7 Å². The molecule has 5 nitrogen and oxygen atoms in total. The molecule has 0 radical (unpaired) electrons. The third-order valence-electron chi connectivity index (χ3n) is 3.87. The zero-order chi connectivity index (χ0) is 19.6. The second-order valence-corrected chi connectivity index (χ2v) is 15.7. The van der Waals surface area contributed by atoms with Gasteiger partial charge in [-0.25, -0.2) is 0 Å². The van der Waals surface area contributed by atoms with Crippen molar-refractivity contribution in [1.82, 2.24) is 0 Å². The van der Waals surface area contributed by atoms with Crippen molar-refractivity contribution in [2.45, 2.75) is 98.8 Å². The first-order chi connectivity index (χ1) is 12.6. The molecule has 0 aliphatic carbocycles. The summed E-state index contributed by atoms with van der Waals surface area (Å²) in [6.07, 6.45) is 10.0. The van der Waals surface area contributed by atoms with E-state index in [1.807, 2.05) is 0 Å². The topological polar surface area (TPSA) is 46.2 Å². The van der Waals surface area contributed by atoms with Crippen molar-refractivity contribution in [2.75, 3.05) is 33.0 Å². The Balaban J connectivity index is 5.49. The summed E-state index contributed by atoms with van der Waals surface area (Å²) in [6, 6.07) is 0. The van der Waals surface area contributed by atoms with E-state index in [1.54, 1.807) is 0 Å². The normalized spacial score (nSPS) is 13.7. The van der Waals surface area contributed by atoms with E-state index in [1.165, 1.54) is 0 Å². The molecule has 0 spiro atoms. The predicted octanol–water partition coefficient (Wildman–Crippen LogP) is 6.33. The van der Waals surface area contributed by atoms with E-state index in [4.69, 9.17) is 17.0 Å². The number of hydrogen-bond acceptors (Lipinski definition) is 5. The van der Waals surface area contributed by atoms with Gasteiger partial charge in [0.25, 0.3) is 0 Å². The van der Waals surface area contributed by atoms with Gasteiger partial charge in [-0.2, -0.15) is 0 Å². The van der Waals surface area contributed by atoms with E-state index >= 15 is 0 Å². The molecule has 0 N–H and O–H groups in total. The van der Waals surface area contributed by atoms with Crippen LogP contribution in [0.1, 0.15) is 98.8 Å². The molecular weight excluding hydrogens is 504 g/mol. The van der Waals surface area contributed by atoms with Crippen molar-refractivity contribution in [1.29, 1.82) is 0 Å². The zero-order valence-corrected chi connectivity index (χ0v) is 21.0. The summed E-state index contributed by atoms with van der Waals surface area (Å²) >= 11 is -5.10. The molecule has 26 heavy (non-hydrogen) atoms. The van der Waals surface area contributed by atoms with E-state index in [2.05, 4.69) is 34.6 Å². The number of rotatable bonds is 20. The van der Waals surface area contributed by atoms with Crippen LogP contribution < -0.4 is 0 Å². The minimum atomic E-state index is -5.10. The van der Waals surface area contributed by atoms with Crippen LogP contribution in [0.5, 0.6) is 0 Å². The van der Waals surface area contributed by atoms with E-state index in [9.17, 15) is 0 Å². The Bertz CT molecular complexity index is 239. The molecule has 0 fully saturated rings. The Kier molecular flexibility index (Phi) is 16.8. The van der Waals surface area contributed by atoms with Gasteiger partial charge in [0.2, 0.25) is 0 Å². The molecule has 0 aliphatic rings. The molecule has 0 atom stereocenters. The third-order valence-corrected chi connectivity index (χ3v) is 13.8. The van der Waals surface area contributed by atoms with Crippen molar-refractivity contribution in [3.8, 4) is 0 Å². The molecule has 0 aromatic carbocycles. The van der Waals surface area contributed by atoms with Crippen molar-refractivity contribution >= 4 is 0 Å². The summed E-state index contributed by atoms with van der Waals surface area (Å²) in [7, 11) is 0. The maximum absolute atomic E-state index is 6.36. The molecule has 0 aromatic heterocycles. The summed E-state index contributed by atoms with van der Waals surface area (Å²) in [4.78, 5) is 0. The average Bonchev–Trinajstić information content (AvgIpc) is 2.63. The van der Waals surface area contributed by atoms with Gasteiger partial charge in [0.05, 0.1) is 0 Å². The van der Waals surface area contributed by atoms with Gasteiger partial charge < -0.3 is 0 Å². The molecule has 0 saturated carbocycles. The second kappa shape index (κ2) is 16.4. The molecule has 0 saturated heterocycles. The Hall–Kier alpha value is 0.488. The Morgan fingerprint density at radius 2 is 0.577 bits per heavy atom. The Morgan fingerprint density at radius 1 is 0.385 bits per heavy atom. The van der Waals surface area contributed by atoms with E-state index in [-0.39, 0.29) is 0 Å². The summed E-state index contributed by atoms with van der Waals surface area (Å²) < 4.78 is 31.8. The predicted molar refractivity (Wildman–Crippen MR) is 104 cm³/mol. The maximum atomic E-state index is 6.36. The fourth-order valence-electron chi connectivity index (χ4n) is 2.04. The van der Waals surface area contributed by atoms with Crippen LogP contribution in [0.2, 0.25) is 0 Å². The van der Waals surface area contributed by atoms with Crippen LogP contribution in [0, 0.1) is 0 Å². The van der Waals surface area contributed by atoms with Gasteiger partial charge in [0.1, 0.15) is 0 Å². The molecule has 0 rings (SSSR count). The van der Waals surface area contributed by atoms with Gasteiger partial charge >= 0.3 is 166 Å². The van der Waals surface area contributed by atoms with Crippen LogP contribution in [0.25, 0.3) is 0 Å². The molecule has 0 bridgehead atoms. The zero-order valence-electron chi connectivity index (χ0n) is 18.1. The minimum absolute atomic E-state index is 0.567. The monoisotopic (exact) mass is 549 g/mol.